The van der Waals surface area contributed by atoms with Gasteiger partial charge >= 0.3 is 0 Å². The maximum absolute atomic E-state index is 5.57. The van der Waals surface area contributed by atoms with E-state index in [0.29, 0.717) is 5.92 Å². The molecule has 1 atom stereocenters. The quantitative estimate of drug-likeness (QED) is 0.941. The summed E-state index contributed by atoms with van der Waals surface area (Å²) in [6, 6.07) is 10.4. The number of nitrogens with zero attached hydrogens (tertiary/aromatic N) is 2. The lowest BCUT2D eigenvalue weighted by Crippen LogP contribution is -2.04. The van der Waals surface area contributed by atoms with Gasteiger partial charge in [0.2, 0.25) is 0 Å². The van der Waals surface area contributed by atoms with Crippen molar-refractivity contribution in [3.8, 4) is 5.69 Å². The monoisotopic (exact) mass is 293 g/mol. The summed E-state index contributed by atoms with van der Waals surface area (Å²) in [5.41, 5.74) is 7.96. The normalized spacial score (nSPS) is 12.6. The molecule has 0 saturated carbocycles. The number of rotatable bonds is 4. The first-order valence-electron chi connectivity index (χ1n) is 5.72. The molecule has 0 aliphatic heterocycles. The maximum atomic E-state index is 5.57. The van der Waals surface area contributed by atoms with Gasteiger partial charge in [0.1, 0.15) is 4.60 Å². The Labute approximate surface area is 110 Å². The van der Waals surface area contributed by atoms with Crippen LogP contribution in [0.4, 0.5) is 0 Å². The van der Waals surface area contributed by atoms with Crippen molar-refractivity contribution in [3.05, 3.63) is 46.7 Å². The summed E-state index contributed by atoms with van der Waals surface area (Å²) in [5, 5.41) is 4.25. The van der Waals surface area contributed by atoms with Gasteiger partial charge in [-0.2, -0.15) is 5.10 Å². The maximum Gasteiger partial charge on any atom is 0.109 e. The van der Waals surface area contributed by atoms with E-state index in [0.717, 1.165) is 23.3 Å². The molecule has 0 aliphatic rings. The fourth-order valence-corrected chi connectivity index (χ4v) is 2.25. The third-order valence-electron chi connectivity index (χ3n) is 2.90. The Balaban J connectivity index is 2.21. The standard InChI is InChI=1S/C13H16BrN3/c1-10(6-8-15)11-2-4-12(5-3-11)17-13(14)7-9-16-17/h2-5,7,9-10H,6,8,15H2,1H3. The smallest absolute Gasteiger partial charge is 0.109 e. The van der Waals surface area contributed by atoms with Crippen molar-refractivity contribution in [3.63, 3.8) is 0 Å². The highest BCUT2D eigenvalue weighted by atomic mass is 79.9. The Morgan fingerprint density at radius 3 is 2.53 bits per heavy atom. The van der Waals surface area contributed by atoms with Crippen LogP contribution in [-0.2, 0) is 0 Å². The Bertz CT molecular complexity index is 476. The molecule has 0 amide bonds. The van der Waals surface area contributed by atoms with E-state index in [1.807, 2.05) is 10.7 Å². The molecule has 1 heterocycles. The molecule has 2 N–H and O–H groups in total. The van der Waals surface area contributed by atoms with E-state index in [9.17, 15) is 0 Å². The molecular formula is C13H16BrN3. The van der Waals surface area contributed by atoms with E-state index in [2.05, 4.69) is 52.2 Å². The van der Waals surface area contributed by atoms with Gasteiger partial charge < -0.3 is 5.73 Å². The number of nitrogens with two attached hydrogens (primary N) is 1. The second-order valence-corrected chi connectivity index (χ2v) is 4.95. The summed E-state index contributed by atoms with van der Waals surface area (Å²) in [6.45, 7) is 2.93. The molecule has 1 aromatic carbocycles. The zero-order valence-corrected chi connectivity index (χ0v) is 11.4. The van der Waals surface area contributed by atoms with Crippen molar-refractivity contribution in [2.75, 3.05) is 6.54 Å². The first-order valence-corrected chi connectivity index (χ1v) is 6.51. The molecule has 90 valence electrons. The highest BCUT2D eigenvalue weighted by molar-refractivity contribution is 9.10. The van der Waals surface area contributed by atoms with Crippen LogP contribution in [-0.4, -0.2) is 16.3 Å². The molecule has 4 heteroatoms. The largest absolute Gasteiger partial charge is 0.330 e. The van der Waals surface area contributed by atoms with Crippen LogP contribution < -0.4 is 5.73 Å². The Kier molecular flexibility index (Phi) is 3.97. The van der Waals surface area contributed by atoms with E-state index >= 15 is 0 Å². The van der Waals surface area contributed by atoms with Crippen LogP contribution in [0, 0.1) is 0 Å². The fraction of sp³-hybridized carbons (Fsp3) is 0.308. The van der Waals surface area contributed by atoms with Gasteiger partial charge in [-0.1, -0.05) is 19.1 Å². The molecule has 1 unspecified atom stereocenters. The molecule has 0 bridgehead atoms. The predicted octanol–water partition coefficient (Wildman–Crippen LogP) is 3.09. The van der Waals surface area contributed by atoms with Crippen LogP contribution in [0.15, 0.2) is 41.1 Å². The molecule has 0 aliphatic carbocycles. The van der Waals surface area contributed by atoms with Crippen molar-refractivity contribution < 1.29 is 0 Å². The minimum Gasteiger partial charge on any atom is -0.330 e. The number of hydrogen-bond donors (Lipinski definition) is 1. The van der Waals surface area contributed by atoms with Crippen LogP contribution >= 0.6 is 15.9 Å². The first-order chi connectivity index (χ1) is 8.22. The lowest BCUT2D eigenvalue weighted by atomic mass is 9.98. The van der Waals surface area contributed by atoms with Gasteiger partial charge in [0, 0.05) is 0 Å². The van der Waals surface area contributed by atoms with Crippen LogP contribution in [0.5, 0.6) is 0 Å². The van der Waals surface area contributed by atoms with E-state index in [1.54, 1.807) is 6.20 Å². The van der Waals surface area contributed by atoms with Crippen LogP contribution in [0.1, 0.15) is 24.8 Å². The molecule has 17 heavy (non-hydrogen) atoms. The lowest BCUT2D eigenvalue weighted by Gasteiger charge is -2.11. The topological polar surface area (TPSA) is 43.8 Å². The Morgan fingerprint density at radius 1 is 1.29 bits per heavy atom. The van der Waals surface area contributed by atoms with Crippen molar-refractivity contribution in [2.45, 2.75) is 19.3 Å². The average molecular weight is 294 g/mol. The summed E-state index contributed by atoms with van der Waals surface area (Å²) >= 11 is 3.46. The summed E-state index contributed by atoms with van der Waals surface area (Å²) in [7, 11) is 0. The summed E-state index contributed by atoms with van der Waals surface area (Å²) < 4.78 is 2.82. The molecule has 2 rings (SSSR count). The number of hydrogen-bond acceptors (Lipinski definition) is 2. The second-order valence-electron chi connectivity index (χ2n) is 4.14. The van der Waals surface area contributed by atoms with Gasteiger partial charge in [-0.3, -0.25) is 0 Å². The van der Waals surface area contributed by atoms with Gasteiger partial charge in [0.15, 0.2) is 0 Å². The van der Waals surface area contributed by atoms with E-state index in [1.165, 1.54) is 5.56 Å². The van der Waals surface area contributed by atoms with E-state index < -0.39 is 0 Å². The lowest BCUT2D eigenvalue weighted by molar-refractivity contribution is 0.689. The number of halogens is 1. The number of aromatic nitrogens is 2. The van der Waals surface area contributed by atoms with Crippen molar-refractivity contribution in [1.82, 2.24) is 9.78 Å². The summed E-state index contributed by atoms with van der Waals surface area (Å²) in [6.07, 6.45) is 2.79. The van der Waals surface area contributed by atoms with Crippen LogP contribution in [0.25, 0.3) is 5.69 Å². The van der Waals surface area contributed by atoms with Gasteiger partial charge in [-0.05, 0) is 58.6 Å². The molecule has 3 nitrogen and oxygen atoms in total. The Hall–Kier alpha value is -1.13. The van der Waals surface area contributed by atoms with Gasteiger partial charge in [0.05, 0.1) is 11.9 Å². The minimum absolute atomic E-state index is 0.509. The zero-order chi connectivity index (χ0) is 12.3. The predicted molar refractivity (Wildman–Crippen MR) is 73.4 cm³/mol. The van der Waals surface area contributed by atoms with Crippen LogP contribution in [0.3, 0.4) is 0 Å². The molecule has 0 radical (unpaired) electrons. The summed E-state index contributed by atoms with van der Waals surface area (Å²) in [5.74, 6) is 0.509. The zero-order valence-electron chi connectivity index (χ0n) is 9.81. The summed E-state index contributed by atoms with van der Waals surface area (Å²) in [4.78, 5) is 0. The molecular weight excluding hydrogens is 278 g/mol. The minimum atomic E-state index is 0.509. The van der Waals surface area contributed by atoms with Gasteiger partial charge in [-0.25, -0.2) is 4.68 Å². The third-order valence-corrected chi connectivity index (χ3v) is 3.50. The van der Waals surface area contributed by atoms with Gasteiger partial charge in [0.25, 0.3) is 0 Å². The van der Waals surface area contributed by atoms with E-state index in [4.69, 9.17) is 5.73 Å². The molecule has 0 fully saturated rings. The van der Waals surface area contributed by atoms with Crippen LogP contribution in [0.2, 0.25) is 0 Å². The van der Waals surface area contributed by atoms with Crippen molar-refractivity contribution >= 4 is 15.9 Å². The second kappa shape index (κ2) is 5.47. The Morgan fingerprint density at radius 2 is 2.00 bits per heavy atom. The molecule has 1 aromatic heterocycles. The van der Waals surface area contributed by atoms with Crippen molar-refractivity contribution in [2.24, 2.45) is 5.73 Å². The van der Waals surface area contributed by atoms with E-state index in [-0.39, 0.29) is 0 Å². The third kappa shape index (κ3) is 2.76. The molecule has 0 saturated heterocycles. The molecule has 2 aromatic rings. The SMILES string of the molecule is CC(CCN)c1ccc(-n2nccc2Br)cc1. The number of benzene rings is 1. The van der Waals surface area contributed by atoms with Crippen molar-refractivity contribution in [1.29, 1.82) is 0 Å². The highest BCUT2D eigenvalue weighted by Gasteiger charge is 2.06. The first kappa shape index (κ1) is 12.3. The molecule has 0 spiro atoms. The van der Waals surface area contributed by atoms with Gasteiger partial charge in [-0.15, -0.1) is 0 Å². The highest BCUT2D eigenvalue weighted by Crippen LogP contribution is 2.21. The average Bonchev–Trinajstić information content (AvgIpc) is 2.76. The fourth-order valence-electron chi connectivity index (χ4n) is 1.84.